The van der Waals surface area contributed by atoms with Crippen molar-refractivity contribution in [2.45, 2.75) is 49.0 Å². The van der Waals surface area contributed by atoms with Crippen molar-refractivity contribution >= 4 is 30.7 Å². The fourth-order valence-corrected chi connectivity index (χ4v) is 4.65. The molecule has 1 saturated carbocycles. The van der Waals surface area contributed by atoms with Crippen molar-refractivity contribution < 1.29 is 0 Å². The van der Waals surface area contributed by atoms with Crippen LogP contribution in [0.1, 0.15) is 44.6 Å². The number of amidine groups is 1. The van der Waals surface area contributed by atoms with Crippen LogP contribution in [0, 0.1) is 0 Å². The average molecular weight is 364 g/mol. The van der Waals surface area contributed by atoms with Crippen LogP contribution in [-0.2, 0) is 5.54 Å². The van der Waals surface area contributed by atoms with E-state index in [0.717, 1.165) is 22.4 Å². The molecule has 2 rings (SSSR count). The zero-order chi connectivity index (χ0) is 13.7. The molecule has 1 aromatic carbocycles. The van der Waals surface area contributed by atoms with Gasteiger partial charge in [-0.05, 0) is 0 Å². The Bertz CT molecular complexity index is 450. The summed E-state index contributed by atoms with van der Waals surface area (Å²) in [6.45, 7) is 2.20. The second kappa shape index (κ2) is 6.75. The fourth-order valence-electron chi connectivity index (χ4n) is 2.61. The molecule has 0 amide bonds. The Labute approximate surface area is 126 Å². The van der Waals surface area contributed by atoms with Crippen LogP contribution in [0.5, 0.6) is 0 Å². The van der Waals surface area contributed by atoms with E-state index in [-0.39, 0.29) is 5.54 Å². The van der Waals surface area contributed by atoms with Crippen molar-refractivity contribution in [2.75, 3.05) is 0 Å². The minimum absolute atomic E-state index is 0.135. The Hall–Kier alpha value is -0.551. The minimum atomic E-state index is -0.631. The second-order valence-corrected chi connectivity index (χ2v) is 9.24. The number of benzene rings is 1. The van der Waals surface area contributed by atoms with E-state index in [1.54, 1.807) is 0 Å². The van der Waals surface area contributed by atoms with Crippen LogP contribution in [-0.4, -0.2) is 25.0 Å². The molecule has 0 radical (unpaired) electrons. The van der Waals surface area contributed by atoms with E-state index in [1.807, 2.05) is 6.07 Å². The summed E-state index contributed by atoms with van der Waals surface area (Å²) in [4.78, 5) is 4.57. The Morgan fingerprint density at radius 2 is 2.11 bits per heavy atom. The molecule has 1 fully saturated rings. The van der Waals surface area contributed by atoms with Gasteiger partial charge in [-0.1, -0.05) is 0 Å². The molecule has 0 unspecified atom stereocenters. The number of aliphatic imine (C=N–C) groups is 1. The van der Waals surface area contributed by atoms with E-state index >= 15 is 0 Å². The van der Waals surface area contributed by atoms with Crippen LogP contribution >= 0.6 is 0 Å². The molecule has 0 spiro atoms. The van der Waals surface area contributed by atoms with Gasteiger partial charge in [0.2, 0.25) is 0 Å². The second-order valence-electron chi connectivity index (χ2n) is 5.34. The summed E-state index contributed by atoms with van der Waals surface area (Å²) in [6, 6.07) is 8.34. The van der Waals surface area contributed by atoms with Gasteiger partial charge in [0.05, 0.1) is 0 Å². The van der Waals surface area contributed by atoms with Gasteiger partial charge in [-0.2, -0.15) is 0 Å². The molecule has 0 aromatic heterocycles. The van der Waals surface area contributed by atoms with Crippen LogP contribution < -0.4 is 11.5 Å². The summed E-state index contributed by atoms with van der Waals surface area (Å²) < 4.78 is 2.15. The van der Waals surface area contributed by atoms with E-state index in [1.165, 1.54) is 29.3 Å². The quantitative estimate of drug-likeness (QED) is 0.480. The van der Waals surface area contributed by atoms with Gasteiger partial charge in [-0.25, -0.2) is 0 Å². The van der Waals surface area contributed by atoms with Gasteiger partial charge in [-0.3, -0.25) is 0 Å². The summed E-state index contributed by atoms with van der Waals surface area (Å²) in [7, 11) is 0. The third kappa shape index (κ3) is 3.96. The first kappa shape index (κ1) is 14.8. The van der Waals surface area contributed by atoms with E-state index in [4.69, 9.17) is 11.5 Å². The van der Waals surface area contributed by atoms with Gasteiger partial charge in [0.1, 0.15) is 0 Å². The van der Waals surface area contributed by atoms with Crippen LogP contribution in [0.2, 0.25) is 4.44 Å². The third-order valence-corrected chi connectivity index (χ3v) is 7.22. The van der Waals surface area contributed by atoms with Crippen molar-refractivity contribution in [1.82, 2.24) is 0 Å². The third-order valence-electron chi connectivity index (χ3n) is 3.72. The molecule has 0 heterocycles. The number of nitrogens with zero attached hydrogens (tertiary/aromatic N) is 1. The molecular weight excluding hydrogens is 341 g/mol. The normalized spacial score (nSPS) is 18.3. The average Bonchev–Trinajstić information content (AvgIpc) is 2.85. The number of rotatable bonds is 5. The molecular formula is C15H23N3Sn+2. The number of nitrogens with two attached hydrogens (primary N) is 2. The Morgan fingerprint density at radius 1 is 1.37 bits per heavy atom. The monoisotopic (exact) mass is 365 g/mol. The van der Waals surface area contributed by atoms with Crippen LogP contribution in [0.4, 0.5) is 5.69 Å². The van der Waals surface area contributed by atoms with Gasteiger partial charge in [0.25, 0.3) is 0 Å². The standard InChI is InChI=1S/C12H16N3.C3H7.Sn/c13-9-15-11-5-3-4-10(8-11)12(14)6-1-2-7-12;1-3-2;/h3-5,8H,1-2,6-7,14H2,(H2,13,15);1,3H2,2H3;/q;;+2. The first-order valence-corrected chi connectivity index (χ1v) is 10.6. The van der Waals surface area contributed by atoms with Crippen molar-refractivity contribution in [2.24, 2.45) is 16.5 Å². The molecule has 0 bridgehead atoms. The van der Waals surface area contributed by atoms with E-state index in [0.29, 0.717) is 0 Å². The molecule has 0 aliphatic heterocycles. The summed E-state index contributed by atoms with van der Waals surface area (Å²) in [6.07, 6.45) is 5.85. The molecule has 100 valence electrons. The molecule has 1 aromatic rings. The zero-order valence-corrected chi connectivity index (χ0v) is 14.5. The molecule has 19 heavy (non-hydrogen) atoms. The van der Waals surface area contributed by atoms with E-state index < -0.39 is 21.1 Å². The Balaban J connectivity index is 2.15. The topological polar surface area (TPSA) is 64.4 Å². The van der Waals surface area contributed by atoms with Gasteiger partial charge < -0.3 is 0 Å². The summed E-state index contributed by atoms with van der Waals surface area (Å²) in [5, 5.41) is 0. The summed E-state index contributed by atoms with van der Waals surface area (Å²) in [5.41, 5.74) is 14.6. The summed E-state index contributed by atoms with van der Waals surface area (Å²) >= 11 is -0.631. The van der Waals surface area contributed by atoms with E-state index in [9.17, 15) is 0 Å². The predicted octanol–water partition coefficient (Wildman–Crippen LogP) is 2.89. The maximum atomic E-state index is 6.49. The molecule has 1 aliphatic carbocycles. The maximum absolute atomic E-state index is 6.49. The van der Waals surface area contributed by atoms with Crippen molar-refractivity contribution in [3.63, 3.8) is 0 Å². The Kier molecular flexibility index (Phi) is 5.27. The van der Waals surface area contributed by atoms with Crippen LogP contribution in [0.3, 0.4) is 0 Å². The Morgan fingerprint density at radius 3 is 2.79 bits per heavy atom. The SMILES string of the molecule is CC[CH2][Sn+2][C](N)=Nc1cccc(C2(N)CCCC2)c1. The first-order chi connectivity index (χ1) is 9.14. The van der Waals surface area contributed by atoms with Crippen LogP contribution in [0.25, 0.3) is 0 Å². The molecule has 4 heteroatoms. The number of hydrogen-bond donors (Lipinski definition) is 2. The molecule has 0 atom stereocenters. The van der Waals surface area contributed by atoms with Crippen molar-refractivity contribution in [1.29, 1.82) is 0 Å². The van der Waals surface area contributed by atoms with Crippen molar-refractivity contribution in [3.05, 3.63) is 29.8 Å². The van der Waals surface area contributed by atoms with Gasteiger partial charge >= 0.3 is 126 Å². The van der Waals surface area contributed by atoms with Gasteiger partial charge in [0, 0.05) is 0 Å². The van der Waals surface area contributed by atoms with Gasteiger partial charge in [-0.15, -0.1) is 0 Å². The zero-order valence-electron chi connectivity index (χ0n) is 11.7. The predicted molar refractivity (Wildman–Crippen MR) is 82.9 cm³/mol. The first-order valence-electron chi connectivity index (χ1n) is 7.11. The van der Waals surface area contributed by atoms with Gasteiger partial charge in [0.15, 0.2) is 0 Å². The molecule has 4 N–H and O–H groups in total. The fraction of sp³-hybridized carbons (Fsp3) is 0.533. The number of hydrogen-bond acceptors (Lipinski definition) is 2. The van der Waals surface area contributed by atoms with Crippen molar-refractivity contribution in [3.8, 4) is 0 Å². The van der Waals surface area contributed by atoms with Crippen LogP contribution in [0.15, 0.2) is 29.3 Å². The molecule has 1 aliphatic rings. The molecule has 0 saturated heterocycles. The molecule has 3 nitrogen and oxygen atoms in total. The summed E-state index contributed by atoms with van der Waals surface area (Å²) in [5.74, 6) is 0. The van der Waals surface area contributed by atoms with E-state index in [2.05, 4.69) is 30.1 Å².